The summed E-state index contributed by atoms with van der Waals surface area (Å²) in [6.45, 7) is 0.909. The summed E-state index contributed by atoms with van der Waals surface area (Å²) in [5.74, 6) is 0.636. The lowest BCUT2D eigenvalue weighted by molar-refractivity contribution is -0.137. The average molecular weight is 497 g/mol. The number of piperidine rings is 2. The molecule has 2 aromatic heterocycles. The number of nitrogens with zero attached hydrogens (tertiary/aromatic N) is 5. The van der Waals surface area contributed by atoms with E-state index in [9.17, 15) is 26.7 Å². The van der Waals surface area contributed by atoms with Gasteiger partial charge < -0.3 is 15.6 Å². The molecule has 2 aliphatic heterocycles. The number of carbonyl (C=O) groups is 1. The monoisotopic (exact) mass is 497 g/mol. The number of halogens is 5. The molecule has 0 unspecified atom stereocenters. The van der Waals surface area contributed by atoms with Gasteiger partial charge in [0.05, 0.1) is 18.3 Å². The topological polar surface area (TPSA) is 98.1 Å². The zero-order valence-electron chi connectivity index (χ0n) is 18.7. The molecule has 1 amide bonds. The molecular weight excluding hydrogens is 473 g/mol. The lowest BCUT2D eigenvalue weighted by atomic mass is 9.72. The Bertz CT molecular complexity index is 1070. The van der Waals surface area contributed by atoms with E-state index in [0.717, 1.165) is 18.5 Å². The highest BCUT2D eigenvalue weighted by Gasteiger charge is 2.42. The summed E-state index contributed by atoms with van der Waals surface area (Å²) >= 11 is 0. The van der Waals surface area contributed by atoms with Gasteiger partial charge in [0, 0.05) is 38.5 Å². The van der Waals surface area contributed by atoms with Crippen LogP contribution in [0.3, 0.4) is 0 Å². The normalized spacial score (nSPS) is 18.3. The minimum Gasteiger partial charge on any atom is -0.362 e. The van der Waals surface area contributed by atoms with Crippen LogP contribution in [0.15, 0.2) is 24.5 Å². The van der Waals surface area contributed by atoms with E-state index in [-0.39, 0.29) is 35.1 Å². The van der Waals surface area contributed by atoms with Gasteiger partial charge in [-0.15, -0.1) is 0 Å². The van der Waals surface area contributed by atoms with Crippen LogP contribution < -0.4 is 15.1 Å². The first-order valence-corrected chi connectivity index (χ1v) is 11.1. The van der Waals surface area contributed by atoms with E-state index in [1.54, 1.807) is 0 Å². The van der Waals surface area contributed by atoms with Crippen LogP contribution in [0.1, 0.15) is 36.9 Å². The number of rotatable bonds is 6. The van der Waals surface area contributed by atoms with E-state index in [1.807, 2.05) is 4.90 Å². The van der Waals surface area contributed by atoms with Crippen LogP contribution in [-0.4, -0.2) is 59.7 Å². The number of hydrogen-bond donors (Lipinski definition) is 2. The third-order valence-electron chi connectivity index (χ3n) is 6.51. The molecule has 2 saturated heterocycles. The highest BCUT2D eigenvalue weighted by Crippen LogP contribution is 2.42. The third-order valence-corrected chi connectivity index (χ3v) is 6.51. The van der Waals surface area contributed by atoms with Gasteiger partial charge in [0.25, 0.3) is 6.43 Å². The van der Waals surface area contributed by atoms with Gasteiger partial charge in [-0.1, -0.05) is 0 Å². The number of anilines is 3. The average Bonchev–Trinajstić information content (AvgIpc) is 2.84. The van der Waals surface area contributed by atoms with Crippen molar-refractivity contribution in [2.75, 3.05) is 41.3 Å². The van der Waals surface area contributed by atoms with E-state index in [2.05, 4.69) is 20.3 Å². The summed E-state index contributed by atoms with van der Waals surface area (Å²) < 4.78 is 63.8. The molecule has 35 heavy (non-hydrogen) atoms. The summed E-state index contributed by atoms with van der Waals surface area (Å²) in [5, 5.41) is 9.92. The molecule has 0 radical (unpaired) electrons. The molecule has 4 heterocycles. The van der Waals surface area contributed by atoms with Crippen LogP contribution in [0.4, 0.5) is 39.4 Å². The van der Waals surface area contributed by atoms with Crippen molar-refractivity contribution >= 4 is 29.6 Å². The van der Waals surface area contributed by atoms with Gasteiger partial charge in [-0.3, -0.25) is 9.69 Å². The number of pyridine rings is 1. The second-order valence-electron chi connectivity index (χ2n) is 8.75. The molecular formula is C22H24F5N7O. The molecule has 8 nitrogen and oxygen atoms in total. The van der Waals surface area contributed by atoms with Crippen molar-refractivity contribution in [3.05, 3.63) is 35.8 Å². The molecule has 2 N–H and O–H groups in total. The molecule has 0 aromatic carbocycles. The van der Waals surface area contributed by atoms with Crippen molar-refractivity contribution in [1.29, 1.82) is 5.41 Å². The predicted octanol–water partition coefficient (Wildman–Crippen LogP) is 3.98. The minimum absolute atomic E-state index is 0.112. The largest absolute Gasteiger partial charge is 0.417 e. The van der Waals surface area contributed by atoms with Gasteiger partial charge in [-0.2, -0.15) is 13.2 Å². The number of carbonyl (C=O) groups excluding carboxylic acids is 1. The molecule has 1 spiro atoms. The number of hydrogen-bond acceptors (Lipinski definition) is 7. The lowest BCUT2D eigenvalue weighted by Gasteiger charge is -2.47. The lowest BCUT2D eigenvalue weighted by Crippen LogP contribution is -2.52. The number of alkyl halides is 5. The third kappa shape index (κ3) is 5.49. The summed E-state index contributed by atoms with van der Waals surface area (Å²) in [7, 11) is 0. The zero-order valence-corrected chi connectivity index (χ0v) is 18.7. The Morgan fingerprint density at radius 2 is 1.86 bits per heavy atom. The maximum absolute atomic E-state index is 12.9. The summed E-state index contributed by atoms with van der Waals surface area (Å²) in [6, 6.07) is 2.15. The highest BCUT2D eigenvalue weighted by atomic mass is 19.4. The molecule has 0 saturated carbocycles. The van der Waals surface area contributed by atoms with Gasteiger partial charge in [0.2, 0.25) is 5.91 Å². The van der Waals surface area contributed by atoms with Crippen LogP contribution in [0.25, 0.3) is 0 Å². The van der Waals surface area contributed by atoms with Crippen molar-refractivity contribution in [2.24, 2.45) is 5.41 Å². The van der Waals surface area contributed by atoms with Crippen molar-refractivity contribution < 1.29 is 26.7 Å². The number of nitrogens with one attached hydrogen (secondary N) is 2. The fourth-order valence-corrected chi connectivity index (χ4v) is 4.50. The Hall–Kier alpha value is -3.38. The molecule has 13 heteroatoms. The minimum atomic E-state index is -4.50. The standard InChI is InChI=1S/C22H24F5N7O/c23-16(24)11-31-20-15(9-28)29-12-18(32-20)33-7-5-21(6-8-33)4-3-19(35)34(13-21)17-2-1-14(10-30-17)22(25,26)27/h1-2,9-10,12,16,28H,3-8,11,13H2,(H,31,32). The van der Waals surface area contributed by atoms with Crippen molar-refractivity contribution in [3.8, 4) is 0 Å². The Balaban J connectivity index is 1.45. The van der Waals surface area contributed by atoms with Crippen molar-refractivity contribution in [3.63, 3.8) is 0 Å². The Labute approximate surface area is 198 Å². The quantitative estimate of drug-likeness (QED) is 0.463. The maximum atomic E-state index is 12.9. The first-order chi connectivity index (χ1) is 16.6. The summed E-state index contributed by atoms with van der Waals surface area (Å²) in [5.41, 5.74) is -0.923. The number of aromatic nitrogens is 3. The van der Waals surface area contributed by atoms with Crippen LogP contribution in [0.5, 0.6) is 0 Å². The van der Waals surface area contributed by atoms with E-state index in [1.165, 1.54) is 17.2 Å². The van der Waals surface area contributed by atoms with Crippen LogP contribution >= 0.6 is 0 Å². The zero-order chi connectivity index (χ0) is 25.2. The molecule has 0 bridgehead atoms. The predicted molar refractivity (Wildman–Crippen MR) is 119 cm³/mol. The van der Waals surface area contributed by atoms with E-state index in [0.29, 0.717) is 44.7 Å². The van der Waals surface area contributed by atoms with Crippen LogP contribution in [0, 0.1) is 10.8 Å². The molecule has 2 fully saturated rings. The highest BCUT2D eigenvalue weighted by molar-refractivity contribution is 5.93. The van der Waals surface area contributed by atoms with Crippen molar-refractivity contribution in [1.82, 2.24) is 15.0 Å². The van der Waals surface area contributed by atoms with Gasteiger partial charge in [0.15, 0.2) is 5.82 Å². The van der Waals surface area contributed by atoms with Gasteiger partial charge in [-0.05, 0) is 36.8 Å². The molecule has 0 atom stereocenters. The Morgan fingerprint density at radius 3 is 2.46 bits per heavy atom. The fourth-order valence-electron chi connectivity index (χ4n) is 4.50. The summed E-state index contributed by atoms with van der Waals surface area (Å²) in [6.07, 6.45) is -1.56. The first kappa shape index (κ1) is 24.7. The van der Waals surface area contributed by atoms with E-state index in [4.69, 9.17) is 5.41 Å². The molecule has 2 aromatic rings. The SMILES string of the molecule is N=Cc1ncc(N2CCC3(CCC(=O)N(c4ccc(C(F)(F)F)cn4)C3)CC2)nc1NCC(F)F. The molecule has 188 valence electrons. The Morgan fingerprint density at radius 1 is 1.11 bits per heavy atom. The van der Waals surface area contributed by atoms with Gasteiger partial charge in [0.1, 0.15) is 17.3 Å². The fraction of sp³-hybridized carbons (Fsp3) is 0.500. The maximum Gasteiger partial charge on any atom is 0.417 e. The second-order valence-corrected chi connectivity index (χ2v) is 8.75. The second kappa shape index (κ2) is 9.70. The Kier molecular flexibility index (Phi) is 6.86. The molecule has 4 rings (SSSR count). The summed E-state index contributed by atoms with van der Waals surface area (Å²) in [4.78, 5) is 28.4. The first-order valence-electron chi connectivity index (χ1n) is 11.1. The van der Waals surface area contributed by atoms with Crippen LogP contribution in [0.2, 0.25) is 0 Å². The van der Waals surface area contributed by atoms with Crippen LogP contribution in [-0.2, 0) is 11.0 Å². The molecule has 0 aliphatic carbocycles. The smallest absolute Gasteiger partial charge is 0.362 e. The van der Waals surface area contributed by atoms with Gasteiger partial charge in [-0.25, -0.2) is 23.7 Å². The molecule has 2 aliphatic rings. The van der Waals surface area contributed by atoms with Gasteiger partial charge >= 0.3 is 6.18 Å². The number of amides is 1. The van der Waals surface area contributed by atoms with Crippen molar-refractivity contribution in [2.45, 2.75) is 38.3 Å². The van der Waals surface area contributed by atoms with E-state index >= 15 is 0 Å². The van der Waals surface area contributed by atoms with E-state index < -0.39 is 24.7 Å².